The topological polar surface area (TPSA) is 117 Å². The maximum atomic E-state index is 11.3. The van der Waals surface area contributed by atoms with Crippen LogP contribution < -0.4 is 4.90 Å². The first kappa shape index (κ1) is 15.2. The van der Waals surface area contributed by atoms with Crippen molar-refractivity contribution in [3.63, 3.8) is 0 Å². The summed E-state index contributed by atoms with van der Waals surface area (Å²) in [6, 6.07) is 1.03. The number of anilines is 1. The minimum atomic E-state index is -1.24. The first-order chi connectivity index (χ1) is 9.90. The molecule has 114 valence electrons. The van der Waals surface area contributed by atoms with Crippen LogP contribution in [0.5, 0.6) is 0 Å². The number of carboxylic acid groups (broad SMARTS) is 1. The van der Waals surface area contributed by atoms with E-state index in [1.54, 1.807) is 11.8 Å². The molecule has 2 heterocycles. The Morgan fingerprint density at radius 1 is 1.52 bits per heavy atom. The molecule has 0 amide bonds. The largest absolute Gasteiger partial charge is 0.478 e. The molecule has 0 spiro atoms. The molecule has 0 radical (unpaired) electrons. The Labute approximate surface area is 121 Å². The van der Waals surface area contributed by atoms with Crippen molar-refractivity contribution < 1.29 is 19.9 Å². The van der Waals surface area contributed by atoms with Crippen molar-refractivity contribution >= 4 is 17.5 Å². The highest BCUT2D eigenvalue weighted by atomic mass is 16.6. The van der Waals surface area contributed by atoms with Crippen molar-refractivity contribution in [3.05, 3.63) is 27.9 Å². The number of aromatic carboxylic acids is 1. The fraction of sp³-hybridized carbons (Fsp3) is 0.538. The number of pyridine rings is 1. The summed E-state index contributed by atoms with van der Waals surface area (Å²) in [5, 5.41) is 29.5. The monoisotopic (exact) mass is 295 g/mol. The van der Waals surface area contributed by atoms with Crippen molar-refractivity contribution in [1.82, 2.24) is 4.98 Å². The van der Waals surface area contributed by atoms with Crippen molar-refractivity contribution in [1.29, 1.82) is 0 Å². The summed E-state index contributed by atoms with van der Waals surface area (Å²) >= 11 is 0. The Morgan fingerprint density at radius 2 is 2.14 bits per heavy atom. The number of carboxylic acids is 1. The fourth-order valence-electron chi connectivity index (χ4n) is 2.55. The maximum absolute atomic E-state index is 11.3. The highest BCUT2D eigenvalue weighted by Gasteiger charge is 2.27. The fourth-order valence-corrected chi connectivity index (χ4v) is 2.55. The molecule has 1 aliphatic heterocycles. The third-order valence-corrected chi connectivity index (χ3v) is 3.81. The lowest BCUT2D eigenvalue weighted by molar-refractivity contribution is -0.385. The highest BCUT2D eigenvalue weighted by Crippen LogP contribution is 2.28. The summed E-state index contributed by atoms with van der Waals surface area (Å²) in [7, 11) is 0. The number of aliphatic hydroxyl groups is 1. The Bertz CT molecular complexity index is 553. The third-order valence-electron chi connectivity index (χ3n) is 3.81. The van der Waals surface area contributed by atoms with E-state index in [1.165, 1.54) is 0 Å². The summed E-state index contributed by atoms with van der Waals surface area (Å²) in [4.78, 5) is 27.1. The Kier molecular flexibility index (Phi) is 4.37. The molecule has 8 heteroatoms. The van der Waals surface area contributed by atoms with Crippen LogP contribution in [0.4, 0.5) is 11.5 Å². The van der Waals surface area contributed by atoms with Gasteiger partial charge in [0.1, 0.15) is 17.6 Å². The van der Waals surface area contributed by atoms with E-state index in [9.17, 15) is 25.1 Å². The second-order valence-corrected chi connectivity index (χ2v) is 5.19. The molecule has 21 heavy (non-hydrogen) atoms. The lowest BCUT2D eigenvalue weighted by Gasteiger charge is -2.34. The van der Waals surface area contributed by atoms with E-state index in [4.69, 9.17) is 0 Å². The molecule has 1 aromatic rings. The smallest absolute Gasteiger partial charge is 0.339 e. The second kappa shape index (κ2) is 6.04. The first-order valence-corrected chi connectivity index (χ1v) is 6.71. The van der Waals surface area contributed by atoms with Crippen LogP contribution in [-0.4, -0.2) is 45.3 Å². The van der Waals surface area contributed by atoms with Crippen LogP contribution in [0.3, 0.4) is 0 Å². The number of hydrogen-bond acceptors (Lipinski definition) is 6. The van der Waals surface area contributed by atoms with E-state index in [0.29, 0.717) is 13.1 Å². The van der Waals surface area contributed by atoms with E-state index < -0.39 is 17.0 Å². The summed E-state index contributed by atoms with van der Waals surface area (Å²) < 4.78 is 0. The number of aliphatic hydroxyl groups excluding tert-OH is 1. The molecule has 1 fully saturated rings. The molecule has 0 aliphatic carbocycles. The standard InChI is InChI=1S/C13H17N3O5/c1-8(17)9-2-4-15(5-3-9)12-11(13(18)19)6-10(7-14-12)16(20)21/h6-9,17H,2-5H2,1H3,(H,18,19). The molecular formula is C13H17N3O5. The van der Waals surface area contributed by atoms with Crippen LogP contribution in [0.1, 0.15) is 30.1 Å². The molecular weight excluding hydrogens is 278 g/mol. The van der Waals surface area contributed by atoms with Gasteiger partial charge in [0, 0.05) is 19.2 Å². The molecule has 1 saturated heterocycles. The number of nitro groups is 1. The predicted molar refractivity (Wildman–Crippen MR) is 74.5 cm³/mol. The van der Waals surface area contributed by atoms with Gasteiger partial charge >= 0.3 is 5.97 Å². The van der Waals surface area contributed by atoms with Gasteiger partial charge < -0.3 is 15.1 Å². The van der Waals surface area contributed by atoms with Crippen molar-refractivity contribution in [2.24, 2.45) is 5.92 Å². The van der Waals surface area contributed by atoms with E-state index in [2.05, 4.69) is 4.98 Å². The Hall–Kier alpha value is -2.22. The average Bonchev–Trinajstić information content (AvgIpc) is 2.46. The van der Waals surface area contributed by atoms with Gasteiger partial charge in [-0.25, -0.2) is 9.78 Å². The maximum Gasteiger partial charge on any atom is 0.339 e. The quantitative estimate of drug-likeness (QED) is 0.634. The molecule has 0 aromatic carbocycles. The molecule has 0 saturated carbocycles. The normalized spacial score (nSPS) is 17.5. The van der Waals surface area contributed by atoms with Crippen molar-refractivity contribution in [3.8, 4) is 0 Å². The molecule has 0 bridgehead atoms. The predicted octanol–water partition coefficient (Wildman–Crippen LogP) is 1.29. The van der Waals surface area contributed by atoms with Crippen molar-refractivity contribution in [2.75, 3.05) is 18.0 Å². The number of nitrogens with zero attached hydrogens (tertiary/aromatic N) is 3. The van der Waals surface area contributed by atoms with Gasteiger partial charge in [0.05, 0.1) is 11.0 Å². The Morgan fingerprint density at radius 3 is 2.62 bits per heavy atom. The highest BCUT2D eigenvalue weighted by molar-refractivity contribution is 5.94. The summed E-state index contributed by atoms with van der Waals surface area (Å²) in [5.74, 6) is -0.802. The van der Waals surface area contributed by atoms with Crippen LogP contribution in [0.15, 0.2) is 12.3 Å². The summed E-state index contributed by atoms with van der Waals surface area (Å²) in [6.07, 6.45) is 2.14. The van der Waals surface area contributed by atoms with E-state index >= 15 is 0 Å². The van der Waals surface area contributed by atoms with E-state index in [1.807, 2.05) is 0 Å². The molecule has 1 aliphatic rings. The second-order valence-electron chi connectivity index (χ2n) is 5.19. The van der Waals surface area contributed by atoms with Gasteiger partial charge in [-0.15, -0.1) is 0 Å². The van der Waals surface area contributed by atoms with Gasteiger partial charge in [-0.1, -0.05) is 0 Å². The Balaban J connectivity index is 2.24. The van der Waals surface area contributed by atoms with Crippen LogP contribution in [-0.2, 0) is 0 Å². The number of carbonyl (C=O) groups is 1. The zero-order valence-corrected chi connectivity index (χ0v) is 11.6. The van der Waals surface area contributed by atoms with Gasteiger partial charge in [-0.2, -0.15) is 0 Å². The molecule has 1 aromatic heterocycles. The molecule has 1 unspecified atom stereocenters. The number of aromatic nitrogens is 1. The van der Waals surface area contributed by atoms with Crippen LogP contribution in [0.2, 0.25) is 0 Å². The minimum Gasteiger partial charge on any atom is -0.478 e. The van der Waals surface area contributed by atoms with Gasteiger partial charge in [0.15, 0.2) is 0 Å². The van der Waals surface area contributed by atoms with Crippen molar-refractivity contribution in [2.45, 2.75) is 25.9 Å². The van der Waals surface area contributed by atoms with Gasteiger partial charge in [0.25, 0.3) is 5.69 Å². The number of hydrogen-bond donors (Lipinski definition) is 2. The van der Waals surface area contributed by atoms with E-state index in [-0.39, 0.29) is 23.0 Å². The zero-order valence-electron chi connectivity index (χ0n) is 11.6. The average molecular weight is 295 g/mol. The van der Waals surface area contributed by atoms with Gasteiger partial charge in [-0.3, -0.25) is 10.1 Å². The number of piperidine rings is 1. The SMILES string of the molecule is CC(O)C1CCN(c2ncc([N+](=O)[O-])cc2C(=O)O)CC1. The van der Waals surface area contributed by atoms with Crippen LogP contribution >= 0.6 is 0 Å². The molecule has 1 atom stereocenters. The van der Waals surface area contributed by atoms with Crippen LogP contribution in [0, 0.1) is 16.0 Å². The molecule has 2 rings (SSSR count). The van der Waals surface area contributed by atoms with Gasteiger partial charge in [-0.05, 0) is 25.7 Å². The lowest BCUT2D eigenvalue weighted by Crippen LogP contribution is -2.38. The lowest BCUT2D eigenvalue weighted by atomic mass is 9.92. The minimum absolute atomic E-state index is 0.167. The molecule has 8 nitrogen and oxygen atoms in total. The first-order valence-electron chi connectivity index (χ1n) is 6.71. The molecule has 2 N–H and O–H groups in total. The zero-order chi connectivity index (χ0) is 15.6. The van der Waals surface area contributed by atoms with Gasteiger partial charge in [0.2, 0.25) is 0 Å². The van der Waals surface area contributed by atoms with Crippen LogP contribution in [0.25, 0.3) is 0 Å². The summed E-state index contributed by atoms with van der Waals surface area (Å²) in [5.41, 5.74) is -0.505. The third kappa shape index (κ3) is 3.27. The summed E-state index contributed by atoms with van der Waals surface area (Å²) in [6.45, 7) is 2.88. The number of rotatable bonds is 4. The van der Waals surface area contributed by atoms with E-state index in [0.717, 1.165) is 25.1 Å².